The molecule has 0 saturated carbocycles. The van der Waals surface area contributed by atoms with E-state index in [1.165, 1.54) is 5.75 Å². The zero-order valence-corrected chi connectivity index (χ0v) is 10.1. The van der Waals surface area contributed by atoms with Gasteiger partial charge in [0.2, 0.25) is 0 Å². The number of rotatable bonds is 2. The summed E-state index contributed by atoms with van der Waals surface area (Å²) in [4.78, 5) is 2.34. The van der Waals surface area contributed by atoms with E-state index in [-0.39, 0.29) is 6.04 Å². The van der Waals surface area contributed by atoms with Crippen LogP contribution >= 0.6 is 11.8 Å². The number of likely N-dealkylation sites (N-methyl/N-ethyl adjacent to an activating group) is 1. The summed E-state index contributed by atoms with van der Waals surface area (Å²) in [5.41, 5.74) is 7.24. The minimum atomic E-state index is 0.0315. The fourth-order valence-electron chi connectivity index (χ4n) is 1.89. The highest BCUT2D eigenvalue weighted by atomic mass is 32.2. The summed E-state index contributed by atoms with van der Waals surface area (Å²) in [6.45, 7) is 1.12. The van der Waals surface area contributed by atoms with Crippen LogP contribution in [0.3, 0.4) is 0 Å². The molecule has 84 valence electrons. The lowest BCUT2D eigenvalue weighted by molar-refractivity contribution is 0.235. The highest BCUT2D eigenvalue weighted by molar-refractivity contribution is 7.99. The van der Waals surface area contributed by atoms with E-state index in [1.807, 2.05) is 35.8 Å². The smallest absolute Gasteiger partial charge is 0.0807 e. The van der Waals surface area contributed by atoms with Crippen LogP contribution in [0.1, 0.15) is 11.7 Å². The minimum absolute atomic E-state index is 0.0315. The predicted molar refractivity (Wildman–Crippen MR) is 63.9 cm³/mol. The molecule has 1 aliphatic rings. The Bertz CT molecular complexity index is 325. The van der Waals surface area contributed by atoms with Crippen molar-refractivity contribution in [3.8, 4) is 0 Å². The van der Waals surface area contributed by atoms with E-state index >= 15 is 0 Å². The maximum atomic E-state index is 6.24. The van der Waals surface area contributed by atoms with Gasteiger partial charge in [-0.05, 0) is 13.1 Å². The van der Waals surface area contributed by atoms with Gasteiger partial charge in [0.25, 0.3) is 0 Å². The maximum absolute atomic E-state index is 6.24. The van der Waals surface area contributed by atoms with E-state index in [9.17, 15) is 0 Å². The molecule has 0 aromatic carbocycles. The van der Waals surface area contributed by atoms with E-state index in [0.29, 0.717) is 6.04 Å². The quantitative estimate of drug-likeness (QED) is 0.796. The average Bonchev–Trinajstić information content (AvgIpc) is 2.65. The Hall–Kier alpha value is -0.520. The van der Waals surface area contributed by atoms with Gasteiger partial charge in [-0.15, -0.1) is 0 Å². The molecule has 15 heavy (non-hydrogen) atoms. The highest BCUT2D eigenvalue weighted by Gasteiger charge is 2.27. The molecular formula is C10H18N4S. The summed E-state index contributed by atoms with van der Waals surface area (Å²) < 4.78 is 1.81. The van der Waals surface area contributed by atoms with Crippen molar-refractivity contribution in [2.24, 2.45) is 12.8 Å². The molecular weight excluding hydrogens is 208 g/mol. The molecule has 1 saturated heterocycles. The molecule has 1 aliphatic heterocycles. The number of hydrogen-bond acceptors (Lipinski definition) is 4. The van der Waals surface area contributed by atoms with Crippen molar-refractivity contribution in [1.82, 2.24) is 14.7 Å². The Balaban J connectivity index is 2.09. The van der Waals surface area contributed by atoms with Gasteiger partial charge in [-0.3, -0.25) is 9.58 Å². The minimum Gasteiger partial charge on any atom is -0.321 e. The highest BCUT2D eigenvalue weighted by Crippen LogP contribution is 2.23. The third kappa shape index (κ3) is 2.35. The molecule has 2 unspecified atom stereocenters. The summed E-state index contributed by atoms with van der Waals surface area (Å²) in [7, 11) is 4.07. The van der Waals surface area contributed by atoms with Crippen LogP contribution in [0.25, 0.3) is 0 Å². The summed E-state index contributed by atoms with van der Waals surface area (Å²) in [5, 5.41) is 4.38. The summed E-state index contributed by atoms with van der Waals surface area (Å²) in [6.07, 6.45) is 1.95. The molecule has 4 nitrogen and oxygen atoms in total. The zero-order valence-electron chi connectivity index (χ0n) is 9.26. The summed E-state index contributed by atoms with van der Waals surface area (Å²) in [5.74, 6) is 2.32. The molecule has 2 rings (SSSR count). The van der Waals surface area contributed by atoms with Crippen molar-refractivity contribution < 1.29 is 0 Å². The van der Waals surface area contributed by atoms with Gasteiger partial charge in [0.1, 0.15) is 0 Å². The molecule has 2 atom stereocenters. The van der Waals surface area contributed by atoms with Crippen LogP contribution < -0.4 is 5.73 Å². The Labute approximate surface area is 94.8 Å². The van der Waals surface area contributed by atoms with E-state index in [4.69, 9.17) is 5.73 Å². The first-order valence-corrected chi connectivity index (χ1v) is 6.37. The van der Waals surface area contributed by atoms with Crippen LogP contribution in [0.15, 0.2) is 12.3 Å². The van der Waals surface area contributed by atoms with Gasteiger partial charge < -0.3 is 5.73 Å². The molecule has 0 radical (unpaired) electrons. The van der Waals surface area contributed by atoms with Crippen molar-refractivity contribution >= 4 is 11.8 Å². The van der Waals surface area contributed by atoms with Gasteiger partial charge in [0, 0.05) is 37.3 Å². The fraction of sp³-hybridized carbons (Fsp3) is 0.700. The number of aryl methyl sites for hydroxylation is 1. The van der Waals surface area contributed by atoms with Crippen molar-refractivity contribution in [3.63, 3.8) is 0 Å². The lowest BCUT2D eigenvalue weighted by Gasteiger charge is -2.35. The second-order valence-corrected chi connectivity index (χ2v) is 5.21. The number of nitrogens with zero attached hydrogens (tertiary/aromatic N) is 3. The molecule has 2 heterocycles. The number of aromatic nitrogens is 2. The van der Waals surface area contributed by atoms with E-state index < -0.39 is 0 Å². The van der Waals surface area contributed by atoms with Gasteiger partial charge in [-0.2, -0.15) is 16.9 Å². The van der Waals surface area contributed by atoms with Crippen molar-refractivity contribution in [2.75, 3.05) is 25.1 Å². The molecule has 0 spiro atoms. The topological polar surface area (TPSA) is 47.1 Å². The first kappa shape index (κ1) is 11.0. The third-order valence-electron chi connectivity index (χ3n) is 2.93. The molecule has 1 aromatic rings. The van der Waals surface area contributed by atoms with Gasteiger partial charge in [0.15, 0.2) is 0 Å². The normalized spacial score (nSPS) is 25.4. The van der Waals surface area contributed by atoms with Crippen LogP contribution in [0.4, 0.5) is 0 Å². The summed E-state index contributed by atoms with van der Waals surface area (Å²) >= 11 is 1.98. The molecule has 0 bridgehead atoms. The Morgan fingerprint density at radius 1 is 1.60 bits per heavy atom. The SMILES string of the molecule is CN1CCSCC1C(N)c1ccn(C)n1. The Morgan fingerprint density at radius 3 is 3.00 bits per heavy atom. The molecule has 2 N–H and O–H groups in total. The first-order chi connectivity index (χ1) is 7.18. The Kier molecular flexibility index (Phi) is 3.33. The number of hydrogen-bond donors (Lipinski definition) is 1. The van der Waals surface area contributed by atoms with Crippen molar-refractivity contribution in [1.29, 1.82) is 0 Å². The van der Waals surface area contributed by atoms with Crippen LogP contribution in [0.2, 0.25) is 0 Å². The third-order valence-corrected chi connectivity index (χ3v) is 3.98. The fourth-order valence-corrected chi connectivity index (χ4v) is 3.18. The number of nitrogens with two attached hydrogens (primary N) is 1. The second-order valence-electron chi connectivity index (χ2n) is 4.06. The van der Waals surface area contributed by atoms with Crippen molar-refractivity contribution in [3.05, 3.63) is 18.0 Å². The van der Waals surface area contributed by atoms with Crippen LogP contribution in [-0.2, 0) is 7.05 Å². The second kappa shape index (κ2) is 4.55. The van der Waals surface area contributed by atoms with E-state index in [0.717, 1.165) is 18.0 Å². The molecule has 0 amide bonds. The van der Waals surface area contributed by atoms with Crippen LogP contribution in [0, 0.1) is 0 Å². The van der Waals surface area contributed by atoms with Gasteiger partial charge in [-0.1, -0.05) is 0 Å². The van der Waals surface area contributed by atoms with E-state index in [1.54, 1.807) is 0 Å². The first-order valence-electron chi connectivity index (χ1n) is 5.21. The van der Waals surface area contributed by atoms with Crippen LogP contribution in [0.5, 0.6) is 0 Å². The van der Waals surface area contributed by atoms with Gasteiger partial charge in [-0.25, -0.2) is 0 Å². The largest absolute Gasteiger partial charge is 0.321 e. The van der Waals surface area contributed by atoms with Gasteiger partial charge in [0.05, 0.1) is 11.7 Å². The Morgan fingerprint density at radius 2 is 2.40 bits per heavy atom. The molecule has 5 heteroatoms. The van der Waals surface area contributed by atoms with E-state index in [2.05, 4.69) is 17.0 Å². The lowest BCUT2D eigenvalue weighted by atomic mass is 10.1. The molecule has 1 fully saturated rings. The maximum Gasteiger partial charge on any atom is 0.0807 e. The van der Waals surface area contributed by atoms with Crippen molar-refractivity contribution in [2.45, 2.75) is 12.1 Å². The number of thioether (sulfide) groups is 1. The lowest BCUT2D eigenvalue weighted by Crippen LogP contribution is -2.46. The molecule has 1 aromatic heterocycles. The monoisotopic (exact) mass is 226 g/mol. The van der Waals surface area contributed by atoms with Crippen LogP contribution in [-0.4, -0.2) is 45.8 Å². The molecule has 0 aliphatic carbocycles. The van der Waals surface area contributed by atoms with Gasteiger partial charge >= 0.3 is 0 Å². The zero-order chi connectivity index (χ0) is 10.8. The average molecular weight is 226 g/mol. The predicted octanol–water partition coefficient (Wildman–Crippen LogP) is 0.467. The standard InChI is InChI=1S/C10H18N4S/c1-13-5-6-15-7-9(13)10(11)8-3-4-14(2)12-8/h3-4,9-10H,5-7,11H2,1-2H3. The summed E-state index contributed by atoms with van der Waals surface area (Å²) in [6, 6.07) is 2.46.